The Bertz CT molecular complexity index is 640. The highest BCUT2D eigenvalue weighted by Gasteiger charge is 2.20. The second-order valence-corrected chi connectivity index (χ2v) is 4.70. The van der Waals surface area contributed by atoms with Gasteiger partial charge >= 0.3 is 5.97 Å². The van der Waals surface area contributed by atoms with Gasteiger partial charge in [0.2, 0.25) is 0 Å². The van der Waals surface area contributed by atoms with Crippen LogP contribution in [0.15, 0.2) is 36.4 Å². The molecule has 0 aliphatic carbocycles. The average Bonchev–Trinajstić information content (AvgIpc) is 2.49. The van der Waals surface area contributed by atoms with Gasteiger partial charge in [0.15, 0.2) is 0 Å². The van der Waals surface area contributed by atoms with E-state index in [0.29, 0.717) is 17.2 Å². The van der Waals surface area contributed by atoms with E-state index in [-0.39, 0.29) is 5.56 Å². The van der Waals surface area contributed by atoms with Crippen LogP contribution in [0.1, 0.15) is 21.5 Å². The molecule has 0 aliphatic rings. The molecule has 0 bridgehead atoms. The van der Waals surface area contributed by atoms with E-state index >= 15 is 0 Å². The van der Waals surface area contributed by atoms with Crippen LogP contribution in [0.5, 0.6) is 17.2 Å². The third kappa shape index (κ3) is 3.16. The van der Waals surface area contributed by atoms with E-state index < -0.39 is 5.97 Å². The molecule has 0 N–H and O–H groups in total. The molecule has 21 heavy (non-hydrogen) atoms. The number of rotatable bonds is 4. The van der Waals surface area contributed by atoms with Gasteiger partial charge in [0, 0.05) is 0 Å². The largest absolute Gasteiger partial charge is 0.496 e. The number of esters is 1. The smallest absolute Gasteiger partial charge is 0.351 e. The molecule has 0 saturated heterocycles. The first-order chi connectivity index (χ1) is 10.1. The van der Waals surface area contributed by atoms with Gasteiger partial charge in [0.1, 0.15) is 22.8 Å². The molecule has 110 valence electrons. The van der Waals surface area contributed by atoms with Gasteiger partial charge in [-0.15, -0.1) is 0 Å². The van der Waals surface area contributed by atoms with E-state index in [2.05, 4.69) is 0 Å². The zero-order valence-corrected chi connectivity index (χ0v) is 12.6. The third-order valence-corrected chi connectivity index (χ3v) is 3.18. The van der Waals surface area contributed by atoms with Gasteiger partial charge < -0.3 is 14.2 Å². The molecule has 2 aromatic rings. The number of methoxy groups -OCH3 is 2. The van der Waals surface area contributed by atoms with E-state index in [1.807, 2.05) is 32.0 Å². The first-order valence-electron chi connectivity index (χ1n) is 6.57. The molecule has 0 unspecified atom stereocenters. The van der Waals surface area contributed by atoms with Gasteiger partial charge in [0.05, 0.1) is 14.2 Å². The molecule has 0 aliphatic heterocycles. The number of carbonyl (C=O) groups is 1. The molecule has 0 radical (unpaired) electrons. The van der Waals surface area contributed by atoms with Crippen molar-refractivity contribution in [3.63, 3.8) is 0 Å². The lowest BCUT2D eigenvalue weighted by atomic mass is 10.1. The Labute approximate surface area is 124 Å². The summed E-state index contributed by atoms with van der Waals surface area (Å²) in [7, 11) is 3.01. The number of benzene rings is 2. The van der Waals surface area contributed by atoms with E-state index in [1.54, 1.807) is 18.2 Å². The standard InChI is InChI=1S/C17H18O4/c1-11-8-9-12(2)15(10-11)21-17(18)16-13(19-3)6-5-7-14(16)20-4/h5-10H,1-4H3. The summed E-state index contributed by atoms with van der Waals surface area (Å²) >= 11 is 0. The minimum absolute atomic E-state index is 0.281. The summed E-state index contributed by atoms with van der Waals surface area (Å²) in [6.07, 6.45) is 0. The summed E-state index contributed by atoms with van der Waals surface area (Å²) in [5.41, 5.74) is 2.20. The first-order valence-corrected chi connectivity index (χ1v) is 6.57. The summed E-state index contributed by atoms with van der Waals surface area (Å²) in [6, 6.07) is 10.9. The van der Waals surface area contributed by atoms with Crippen LogP contribution < -0.4 is 14.2 Å². The number of aryl methyl sites for hydroxylation is 2. The Kier molecular flexibility index (Phi) is 4.48. The zero-order valence-electron chi connectivity index (χ0n) is 12.6. The molecule has 2 rings (SSSR count). The first kappa shape index (κ1) is 14.9. The van der Waals surface area contributed by atoms with Crippen molar-refractivity contribution in [2.24, 2.45) is 0 Å². The maximum Gasteiger partial charge on any atom is 0.351 e. The van der Waals surface area contributed by atoms with Crippen LogP contribution in [0.25, 0.3) is 0 Å². The Morgan fingerprint density at radius 1 is 0.905 bits per heavy atom. The zero-order chi connectivity index (χ0) is 15.4. The van der Waals surface area contributed by atoms with Crippen LogP contribution in [-0.2, 0) is 0 Å². The van der Waals surface area contributed by atoms with Gasteiger partial charge in [-0.1, -0.05) is 18.2 Å². The molecule has 0 aromatic heterocycles. The van der Waals surface area contributed by atoms with E-state index in [9.17, 15) is 4.79 Å². The predicted molar refractivity (Wildman–Crippen MR) is 80.4 cm³/mol. The molecule has 4 heteroatoms. The summed E-state index contributed by atoms with van der Waals surface area (Å²) in [5.74, 6) is 0.875. The summed E-state index contributed by atoms with van der Waals surface area (Å²) < 4.78 is 15.9. The fourth-order valence-corrected chi connectivity index (χ4v) is 2.02. The highest BCUT2D eigenvalue weighted by molar-refractivity contribution is 5.97. The van der Waals surface area contributed by atoms with Crippen molar-refractivity contribution in [1.82, 2.24) is 0 Å². The second-order valence-electron chi connectivity index (χ2n) is 4.70. The third-order valence-electron chi connectivity index (χ3n) is 3.18. The quantitative estimate of drug-likeness (QED) is 0.637. The molecular formula is C17H18O4. The summed E-state index contributed by atoms with van der Waals surface area (Å²) in [4.78, 5) is 12.5. The molecule has 0 saturated carbocycles. The Morgan fingerprint density at radius 2 is 1.52 bits per heavy atom. The van der Waals surface area contributed by atoms with Crippen LogP contribution in [0.3, 0.4) is 0 Å². The maximum absolute atomic E-state index is 12.5. The molecule has 0 heterocycles. The molecule has 0 atom stereocenters. The molecule has 2 aromatic carbocycles. The Balaban J connectivity index is 2.38. The van der Waals surface area contributed by atoms with Gasteiger partial charge in [-0.3, -0.25) is 0 Å². The fourth-order valence-electron chi connectivity index (χ4n) is 2.02. The van der Waals surface area contributed by atoms with Crippen molar-refractivity contribution in [2.45, 2.75) is 13.8 Å². The monoisotopic (exact) mass is 286 g/mol. The number of hydrogen-bond donors (Lipinski definition) is 0. The van der Waals surface area contributed by atoms with Gasteiger partial charge in [0.25, 0.3) is 0 Å². The lowest BCUT2D eigenvalue weighted by molar-refractivity contribution is 0.0726. The van der Waals surface area contributed by atoms with Crippen molar-refractivity contribution in [1.29, 1.82) is 0 Å². The van der Waals surface area contributed by atoms with Crippen molar-refractivity contribution in [3.05, 3.63) is 53.1 Å². The Morgan fingerprint density at radius 3 is 2.10 bits per heavy atom. The van der Waals surface area contributed by atoms with Crippen LogP contribution in [-0.4, -0.2) is 20.2 Å². The van der Waals surface area contributed by atoms with Gasteiger partial charge in [-0.2, -0.15) is 0 Å². The van der Waals surface area contributed by atoms with Crippen molar-refractivity contribution >= 4 is 5.97 Å². The highest BCUT2D eigenvalue weighted by atomic mass is 16.5. The lowest BCUT2D eigenvalue weighted by Crippen LogP contribution is -2.12. The SMILES string of the molecule is COc1cccc(OC)c1C(=O)Oc1cc(C)ccc1C. The van der Waals surface area contributed by atoms with Crippen LogP contribution in [0.2, 0.25) is 0 Å². The van der Waals surface area contributed by atoms with Crippen molar-refractivity contribution < 1.29 is 19.0 Å². The summed E-state index contributed by atoms with van der Waals surface area (Å²) in [5, 5.41) is 0. The molecule has 0 fully saturated rings. The van der Waals surface area contributed by atoms with Crippen LogP contribution in [0.4, 0.5) is 0 Å². The van der Waals surface area contributed by atoms with Gasteiger partial charge in [-0.25, -0.2) is 4.79 Å². The number of ether oxygens (including phenoxy) is 3. The second kappa shape index (κ2) is 6.31. The minimum atomic E-state index is -0.502. The van der Waals surface area contributed by atoms with E-state index in [4.69, 9.17) is 14.2 Å². The predicted octanol–water partition coefficient (Wildman–Crippen LogP) is 3.54. The Hall–Kier alpha value is -2.49. The minimum Gasteiger partial charge on any atom is -0.496 e. The van der Waals surface area contributed by atoms with Crippen LogP contribution >= 0.6 is 0 Å². The van der Waals surface area contributed by atoms with Crippen molar-refractivity contribution in [2.75, 3.05) is 14.2 Å². The summed E-state index contributed by atoms with van der Waals surface area (Å²) in [6.45, 7) is 3.84. The van der Waals surface area contributed by atoms with E-state index in [1.165, 1.54) is 14.2 Å². The number of carbonyl (C=O) groups excluding carboxylic acids is 1. The van der Waals surface area contributed by atoms with Crippen molar-refractivity contribution in [3.8, 4) is 17.2 Å². The van der Waals surface area contributed by atoms with Gasteiger partial charge in [-0.05, 0) is 43.2 Å². The van der Waals surface area contributed by atoms with Crippen LogP contribution in [0, 0.1) is 13.8 Å². The molecular weight excluding hydrogens is 268 g/mol. The topological polar surface area (TPSA) is 44.8 Å². The lowest BCUT2D eigenvalue weighted by Gasteiger charge is -2.13. The average molecular weight is 286 g/mol. The number of hydrogen-bond acceptors (Lipinski definition) is 4. The molecule has 0 spiro atoms. The normalized spacial score (nSPS) is 10.1. The molecule has 0 amide bonds. The van der Waals surface area contributed by atoms with E-state index in [0.717, 1.165) is 11.1 Å². The fraction of sp³-hybridized carbons (Fsp3) is 0.235. The molecule has 4 nitrogen and oxygen atoms in total. The maximum atomic E-state index is 12.5. The highest BCUT2D eigenvalue weighted by Crippen LogP contribution is 2.30.